The number of rotatable bonds is 7. The maximum atomic E-state index is 13.3. The Kier molecular flexibility index (Phi) is 6.29. The lowest BCUT2D eigenvalue weighted by atomic mass is 9.70. The van der Waals surface area contributed by atoms with E-state index >= 15 is 0 Å². The molecule has 0 aromatic heterocycles. The molecule has 3 N–H and O–H groups in total. The molecule has 32 heavy (non-hydrogen) atoms. The molecule has 2 bridgehead atoms. The smallest absolute Gasteiger partial charge is 0.240 e. The summed E-state index contributed by atoms with van der Waals surface area (Å²) < 4.78 is 58.0. The van der Waals surface area contributed by atoms with E-state index in [2.05, 4.69) is 23.3 Å². The number of fused-ring (bicyclic) bond motifs is 2. The van der Waals surface area contributed by atoms with Crippen LogP contribution in [0.15, 0.2) is 29.2 Å². The summed E-state index contributed by atoms with van der Waals surface area (Å²) in [7, 11) is -7.47. The lowest BCUT2D eigenvalue weighted by Gasteiger charge is -2.41. The normalized spacial score (nSPS) is 34.6. The summed E-state index contributed by atoms with van der Waals surface area (Å²) in [6.45, 7) is 6.05. The number of sulfonamides is 2. The van der Waals surface area contributed by atoms with Crippen LogP contribution in [0.2, 0.25) is 0 Å². The lowest BCUT2D eigenvalue weighted by Crippen LogP contribution is -2.55. The summed E-state index contributed by atoms with van der Waals surface area (Å²) in [6.07, 6.45) is 4.55. The fourth-order valence-electron chi connectivity index (χ4n) is 6.39. The van der Waals surface area contributed by atoms with Gasteiger partial charge in [-0.15, -0.1) is 0 Å². The average molecular weight is 485 g/mol. The molecular formula is C23H36N2O5S2. The van der Waals surface area contributed by atoms with Gasteiger partial charge in [0.1, 0.15) is 0 Å². The van der Waals surface area contributed by atoms with Crippen molar-refractivity contribution in [1.29, 1.82) is 0 Å². The summed E-state index contributed by atoms with van der Waals surface area (Å²) in [5, 5.41) is 10.7. The van der Waals surface area contributed by atoms with Crippen LogP contribution in [0, 0.1) is 23.7 Å². The molecule has 1 aromatic rings. The van der Waals surface area contributed by atoms with Crippen molar-refractivity contribution in [2.75, 3.05) is 5.75 Å². The van der Waals surface area contributed by atoms with Gasteiger partial charge in [0.2, 0.25) is 20.0 Å². The number of aryl methyl sites for hydroxylation is 1. The highest BCUT2D eigenvalue weighted by Gasteiger charge is 2.65. The van der Waals surface area contributed by atoms with Crippen LogP contribution in [0.4, 0.5) is 0 Å². The molecule has 0 aliphatic heterocycles. The van der Waals surface area contributed by atoms with E-state index in [4.69, 9.17) is 0 Å². The second-order valence-electron chi connectivity index (χ2n) is 10.7. The second-order valence-corrected chi connectivity index (χ2v) is 14.1. The highest BCUT2D eigenvalue weighted by atomic mass is 32.2. The van der Waals surface area contributed by atoms with Gasteiger partial charge in [0, 0.05) is 17.5 Å². The molecule has 180 valence electrons. The molecule has 5 atom stereocenters. The van der Waals surface area contributed by atoms with E-state index in [0.29, 0.717) is 31.6 Å². The zero-order valence-electron chi connectivity index (χ0n) is 19.2. The van der Waals surface area contributed by atoms with Crippen LogP contribution in [0.5, 0.6) is 0 Å². The van der Waals surface area contributed by atoms with Crippen LogP contribution in [-0.2, 0) is 20.0 Å². The molecule has 9 heteroatoms. The summed E-state index contributed by atoms with van der Waals surface area (Å²) in [4.78, 5) is 0.182. The van der Waals surface area contributed by atoms with Gasteiger partial charge >= 0.3 is 0 Å². The summed E-state index contributed by atoms with van der Waals surface area (Å²) in [5.41, 5.74) is 0.0905. The fourth-order valence-corrected chi connectivity index (χ4v) is 9.91. The molecule has 0 radical (unpaired) electrons. The number of aliphatic hydroxyl groups is 1. The monoisotopic (exact) mass is 484 g/mol. The van der Waals surface area contributed by atoms with E-state index in [-0.39, 0.29) is 16.1 Å². The van der Waals surface area contributed by atoms with Crippen molar-refractivity contribution >= 4 is 20.0 Å². The minimum atomic E-state index is -3.75. The highest BCUT2D eigenvalue weighted by molar-refractivity contribution is 7.89. The Balaban J connectivity index is 1.50. The van der Waals surface area contributed by atoms with Gasteiger partial charge in [-0.3, -0.25) is 0 Å². The zero-order valence-corrected chi connectivity index (χ0v) is 20.8. The Morgan fingerprint density at radius 1 is 0.969 bits per heavy atom. The molecule has 0 saturated heterocycles. The predicted molar refractivity (Wildman–Crippen MR) is 124 cm³/mol. The number of benzene rings is 1. The quantitative estimate of drug-likeness (QED) is 0.551. The molecular weight excluding hydrogens is 448 g/mol. The molecule has 0 amide bonds. The molecule has 1 unspecified atom stereocenters. The van der Waals surface area contributed by atoms with E-state index in [1.165, 1.54) is 0 Å². The highest BCUT2D eigenvalue weighted by Crippen LogP contribution is 2.66. The number of aliphatic hydroxyl groups excluding tert-OH is 1. The minimum absolute atomic E-state index is 0.113. The van der Waals surface area contributed by atoms with E-state index in [9.17, 15) is 21.9 Å². The lowest BCUT2D eigenvalue weighted by molar-refractivity contribution is 0.0151. The number of hydrogen-bond acceptors (Lipinski definition) is 5. The van der Waals surface area contributed by atoms with Gasteiger partial charge in [-0.2, -0.15) is 0 Å². The third kappa shape index (κ3) is 4.27. The average Bonchev–Trinajstić information content (AvgIpc) is 3.03. The summed E-state index contributed by atoms with van der Waals surface area (Å²) >= 11 is 0. The first-order valence-corrected chi connectivity index (χ1v) is 14.8. The van der Waals surface area contributed by atoms with Gasteiger partial charge in [0.05, 0.1) is 16.8 Å². The first-order chi connectivity index (χ1) is 14.9. The van der Waals surface area contributed by atoms with Crippen molar-refractivity contribution in [2.24, 2.45) is 16.7 Å². The standard InChI is InChI=1S/C23H36N2O5S2/c1-16-8-10-18(11-9-16)32(29,30)25-20-7-5-4-6-19(20)24-31(27,28)15-23-13-12-17(14-21(23)26)22(23,2)3/h8-11,17,19-21,24-26H,4-7,12-15H2,1-3H3/t17-,19-,20-,21?,23-/m1/s1. The van der Waals surface area contributed by atoms with Gasteiger partial charge < -0.3 is 5.11 Å². The van der Waals surface area contributed by atoms with E-state index in [0.717, 1.165) is 24.8 Å². The molecule has 3 aliphatic rings. The third-order valence-corrected chi connectivity index (χ3v) is 11.6. The van der Waals surface area contributed by atoms with Crippen LogP contribution in [0.3, 0.4) is 0 Å². The maximum Gasteiger partial charge on any atom is 0.240 e. The third-order valence-electron chi connectivity index (χ3n) is 8.57. The van der Waals surface area contributed by atoms with Crippen molar-refractivity contribution in [2.45, 2.75) is 88.8 Å². The maximum absolute atomic E-state index is 13.3. The van der Waals surface area contributed by atoms with Gasteiger partial charge in [0.25, 0.3) is 0 Å². The topological polar surface area (TPSA) is 113 Å². The molecule has 3 aliphatic carbocycles. The molecule has 4 rings (SSSR count). The van der Waals surface area contributed by atoms with Crippen LogP contribution in [-0.4, -0.2) is 45.9 Å². The van der Waals surface area contributed by atoms with Crippen molar-refractivity contribution in [3.8, 4) is 0 Å². The molecule has 1 aromatic carbocycles. The fraction of sp³-hybridized carbons (Fsp3) is 0.739. The largest absolute Gasteiger partial charge is 0.392 e. The van der Waals surface area contributed by atoms with Crippen LogP contribution in [0.25, 0.3) is 0 Å². The van der Waals surface area contributed by atoms with Crippen molar-refractivity contribution < 1.29 is 21.9 Å². The molecule has 0 heterocycles. The van der Waals surface area contributed by atoms with Crippen molar-refractivity contribution in [1.82, 2.24) is 9.44 Å². The first-order valence-electron chi connectivity index (χ1n) is 11.6. The zero-order chi connectivity index (χ0) is 23.4. The van der Waals surface area contributed by atoms with Gasteiger partial charge in [-0.25, -0.2) is 26.3 Å². The summed E-state index contributed by atoms with van der Waals surface area (Å²) in [5.74, 6) is 0.231. The summed E-state index contributed by atoms with van der Waals surface area (Å²) in [6, 6.07) is 5.64. The van der Waals surface area contributed by atoms with Gasteiger partial charge in [-0.1, -0.05) is 44.4 Å². The Hall–Kier alpha value is -1.00. The van der Waals surface area contributed by atoms with E-state index in [1.807, 2.05) is 6.92 Å². The van der Waals surface area contributed by atoms with E-state index in [1.54, 1.807) is 24.3 Å². The predicted octanol–water partition coefficient (Wildman–Crippen LogP) is 2.69. The number of nitrogens with one attached hydrogen (secondary N) is 2. The van der Waals surface area contributed by atoms with Crippen LogP contribution < -0.4 is 9.44 Å². The Morgan fingerprint density at radius 3 is 2.09 bits per heavy atom. The number of hydrogen-bond donors (Lipinski definition) is 3. The Bertz CT molecular complexity index is 1050. The van der Waals surface area contributed by atoms with Gasteiger partial charge in [0.15, 0.2) is 0 Å². The second kappa shape index (κ2) is 8.34. The first kappa shape index (κ1) is 24.1. The Morgan fingerprint density at radius 2 is 1.56 bits per heavy atom. The SMILES string of the molecule is Cc1ccc(S(=O)(=O)N[C@@H]2CCCC[C@H]2NS(=O)(=O)C[C@]23CC[C@H](CC2O)C3(C)C)cc1. The molecule has 7 nitrogen and oxygen atoms in total. The molecule has 3 fully saturated rings. The van der Waals surface area contributed by atoms with Crippen molar-refractivity contribution in [3.05, 3.63) is 29.8 Å². The van der Waals surface area contributed by atoms with Crippen LogP contribution in [0.1, 0.15) is 64.4 Å². The van der Waals surface area contributed by atoms with E-state index < -0.39 is 43.6 Å². The van der Waals surface area contributed by atoms with Crippen LogP contribution >= 0.6 is 0 Å². The minimum Gasteiger partial charge on any atom is -0.392 e. The van der Waals surface area contributed by atoms with Gasteiger partial charge in [-0.05, 0) is 62.5 Å². The molecule has 3 saturated carbocycles. The van der Waals surface area contributed by atoms with Crippen molar-refractivity contribution in [3.63, 3.8) is 0 Å². The Labute approximate surface area is 192 Å². The molecule has 0 spiro atoms.